The summed E-state index contributed by atoms with van der Waals surface area (Å²) >= 11 is 0. The van der Waals surface area contributed by atoms with Gasteiger partial charge in [-0.3, -0.25) is 19.9 Å². The quantitative estimate of drug-likeness (QED) is 0.151. The van der Waals surface area contributed by atoms with Crippen molar-refractivity contribution in [1.82, 2.24) is 19.9 Å². The van der Waals surface area contributed by atoms with Crippen LogP contribution in [-0.2, 0) is 30.3 Å². The number of nitrogens with zero attached hydrogens (tertiary/aromatic N) is 4. The minimum absolute atomic E-state index is 0. The second kappa shape index (κ2) is 15.2. The van der Waals surface area contributed by atoms with Gasteiger partial charge in [0, 0.05) is 49.8 Å². The van der Waals surface area contributed by atoms with Gasteiger partial charge >= 0.3 is 0 Å². The van der Waals surface area contributed by atoms with Crippen molar-refractivity contribution in [3.05, 3.63) is 121 Å². The van der Waals surface area contributed by atoms with Gasteiger partial charge in [-0.2, -0.15) is 0 Å². The number of aromatic hydroxyl groups is 2. The number of aromatic nitrogens is 4. The summed E-state index contributed by atoms with van der Waals surface area (Å²) in [4.78, 5) is 16.7. The van der Waals surface area contributed by atoms with E-state index >= 15 is 0 Å². The summed E-state index contributed by atoms with van der Waals surface area (Å²) in [7, 11) is 0. The second-order valence-corrected chi connectivity index (χ2v) is 11.3. The molecule has 7 heteroatoms. The van der Waals surface area contributed by atoms with Crippen LogP contribution >= 0.6 is 0 Å². The molecule has 0 fully saturated rings. The van der Waals surface area contributed by atoms with Gasteiger partial charge in [-0.05, 0) is 71.0 Å². The number of phenolic OH excluding ortho intramolecular Hbond substituents is 2. The molecular weight excluding hydrogens is 597 g/mol. The molecule has 0 aliphatic rings. The minimum atomic E-state index is -0.178. The molecule has 5 aromatic rings. The standard InChI is InChI=1S/C14H22O2.2C10H8N2.Ru/c1-13(2,3)9-7-10(14(4,5)6)12(16)11(15)8-9;2*1-3-7-11-9(5-1)10-6-2-4-8-12-10;/h7-8,15-16H,1-6H3;2*1-8H;. The van der Waals surface area contributed by atoms with Gasteiger partial charge in [-0.1, -0.05) is 71.9 Å². The normalized spacial score (nSPS) is 10.7. The van der Waals surface area contributed by atoms with Crippen LogP contribution in [-0.4, -0.2) is 30.1 Å². The van der Waals surface area contributed by atoms with Crippen molar-refractivity contribution in [2.24, 2.45) is 0 Å². The fourth-order valence-corrected chi connectivity index (χ4v) is 3.68. The van der Waals surface area contributed by atoms with Crippen LogP contribution in [0.15, 0.2) is 110 Å². The predicted molar refractivity (Wildman–Crippen MR) is 162 cm³/mol. The SMILES string of the molecule is CC(C)(C)c1cc(O)c(O)c(C(C)(C)C)c1.[Ru].c1ccc(-c2ccccn2)nc1.c1ccc(-c2ccccn2)nc1. The molecule has 1 aromatic carbocycles. The molecule has 4 aromatic heterocycles. The van der Waals surface area contributed by atoms with E-state index in [1.807, 2.05) is 99.6 Å². The fraction of sp³-hybridized carbons (Fsp3) is 0.235. The first-order valence-electron chi connectivity index (χ1n) is 13.2. The van der Waals surface area contributed by atoms with Gasteiger partial charge in [0.2, 0.25) is 0 Å². The molecule has 0 spiro atoms. The summed E-state index contributed by atoms with van der Waals surface area (Å²) in [5, 5.41) is 19.6. The van der Waals surface area contributed by atoms with Crippen molar-refractivity contribution in [2.45, 2.75) is 52.4 Å². The van der Waals surface area contributed by atoms with Crippen molar-refractivity contribution < 1.29 is 29.7 Å². The predicted octanol–water partition coefficient (Wildman–Crippen LogP) is 7.98. The summed E-state index contributed by atoms with van der Waals surface area (Å²) in [5.41, 5.74) is 5.27. The van der Waals surface area contributed by atoms with Crippen LogP contribution in [0, 0.1) is 0 Å². The van der Waals surface area contributed by atoms with Gasteiger partial charge in [-0.15, -0.1) is 0 Å². The van der Waals surface area contributed by atoms with Crippen molar-refractivity contribution in [3.63, 3.8) is 0 Å². The maximum Gasteiger partial charge on any atom is 0.161 e. The Bertz CT molecular complexity index is 1300. The van der Waals surface area contributed by atoms with Gasteiger partial charge in [0.15, 0.2) is 11.5 Å². The third-order valence-corrected chi connectivity index (χ3v) is 5.95. The van der Waals surface area contributed by atoms with E-state index < -0.39 is 0 Å². The maximum atomic E-state index is 9.87. The molecule has 0 saturated carbocycles. The fourth-order valence-electron chi connectivity index (χ4n) is 3.68. The van der Waals surface area contributed by atoms with Crippen LogP contribution in [0.1, 0.15) is 52.7 Å². The molecule has 0 aliphatic carbocycles. The minimum Gasteiger partial charge on any atom is -0.504 e. The molecule has 0 aliphatic heterocycles. The Kier molecular flexibility index (Phi) is 12.3. The third-order valence-electron chi connectivity index (χ3n) is 5.95. The third kappa shape index (κ3) is 10.2. The molecule has 214 valence electrons. The van der Waals surface area contributed by atoms with Crippen LogP contribution < -0.4 is 0 Å². The van der Waals surface area contributed by atoms with E-state index in [0.717, 1.165) is 33.9 Å². The first-order chi connectivity index (χ1) is 19.0. The molecule has 0 radical (unpaired) electrons. The van der Waals surface area contributed by atoms with E-state index in [4.69, 9.17) is 0 Å². The van der Waals surface area contributed by atoms with E-state index in [1.54, 1.807) is 30.9 Å². The number of hydrogen-bond acceptors (Lipinski definition) is 6. The largest absolute Gasteiger partial charge is 0.504 e. The molecule has 0 amide bonds. The smallest absolute Gasteiger partial charge is 0.161 e. The zero-order valence-electron chi connectivity index (χ0n) is 24.4. The molecule has 0 saturated heterocycles. The Hall–Kier alpha value is -3.96. The summed E-state index contributed by atoms with van der Waals surface area (Å²) in [5.74, 6) is -0.0298. The van der Waals surface area contributed by atoms with Crippen LogP contribution in [0.5, 0.6) is 11.5 Å². The van der Waals surface area contributed by atoms with Crippen molar-refractivity contribution in [3.8, 4) is 34.3 Å². The molecule has 6 nitrogen and oxygen atoms in total. The molecule has 41 heavy (non-hydrogen) atoms. The number of phenols is 2. The van der Waals surface area contributed by atoms with Gasteiger partial charge in [-0.25, -0.2) is 0 Å². The van der Waals surface area contributed by atoms with Crippen LogP contribution in [0.3, 0.4) is 0 Å². The van der Waals surface area contributed by atoms with Crippen LogP contribution in [0.2, 0.25) is 0 Å². The molecule has 2 N–H and O–H groups in total. The first-order valence-corrected chi connectivity index (χ1v) is 13.2. The Morgan fingerprint density at radius 1 is 0.488 bits per heavy atom. The van der Waals surface area contributed by atoms with Gasteiger partial charge in [0.05, 0.1) is 22.8 Å². The van der Waals surface area contributed by atoms with Crippen molar-refractivity contribution in [2.75, 3.05) is 0 Å². The maximum absolute atomic E-state index is 9.87. The summed E-state index contributed by atoms with van der Waals surface area (Å²) < 4.78 is 0. The first kappa shape index (κ1) is 33.3. The zero-order chi connectivity index (χ0) is 29.2. The number of benzene rings is 1. The Morgan fingerprint density at radius 2 is 0.829 bits per heavy atom. The Morgan fingerprint density at radius 3 is 1.07 bits per heavy atom. The topological polar surface area (TPSA) is 92.0 Å². The zero-order valence-corrected chi connectivity index (χ0v) is 26.2. The van der Waals surface area contributed by atoms with Crippen LogP contribution in [0.4, 0.5) is 0 Å². The van der Waals surface area contributed by atoms with Gasteiger partial charge < -0.3 is 10.2 Å². The molecule has 0 atom stereocenters. The van der Waals surface area contributed by atoms with Crippen molar-refractivity contribution >= 4 is 0 Å². The molecule has 0 unspecified atom stereocenters. The average molecular weight is 636 g/mol. The molecule has 0 bridgehead atoms. The Balaban J connectivity index is 0.000000215. The summed E-state index contributed by atoms with van der Waals surface area (Å²) in [6, 6.07) is 26.8. The summed E-state index contributed by atoms with van der Waals surface area (Å²) in [6.07, 6.45) is 7.07. The molecule has 5 rings (SSSR count). The van der Waals surface area contributed by atoms with Crippen molar-refractivity contribution in [1.29, 1.82) is 0 Å². The van der Waals surface area contributed by atoms with Crippen LogP contribution in [0.25, 0.3) is 22.8 Å². The average Bonchev–Trinajstić information content (AvgIpc) is 2.96. The van der Waals surface area contributed by atoms with E-state index in [-0.39, 0.29) is 41.8 Å². The van der Waals surface area contributed by atoms with E-state index in [2.05, 4.69) is 40.7 Å². The monoisotopic (exact) mass is 636 g/mol. The molecular formula is C34H38N4O2Ru. The van der Waals surface area contributed by atoms with Gasteiger partial charge in [0.25, 0.3) is 0 Å². The number of rotatable bonds is 2. The second-order valence-electron chi connectivity index (χ2n) is 11.3. The number of hydrogen-bond donors (Lipinski definition) is 2. The van der Waals surface area contributed by atoms with E-state index in [9.17, 15) is 10.2 Å². The number of pyridine rings is 4. The Labute approximate surface area is 256 Å². The van der Waals surface area contributed by atoms with Gasteiger partial charge in [0.1, 0.15) is 0 Å². The van der Waals surface area contributed by atoms with E-state index in [1.165, 1.54) is 0 Å². The molecule has 4 heterocycles. The summed E-state index contributed by atoms with van der Waals surface area (Å²) in [6.45, 7) is 12.3. The van der Waals surface area contributed by atoms with E-state index in [0.29, 0.717) is 0 Å².